The zero-order valence-corrected chi connectivity index (χ0v) is 10.3. The van der Waals surface area contributed by atoms with Crippen molar-refractivity contribution in [2.45, 2.75) is 13.3 Å². The highest BCUT2D eigenvalue weighted by molar-refractivity contribution is 5.96. The van der Waals surface area contributed by atoms with Gasteiger partial charge in [0.15, 0.2) is 5.78 Å². The van der Waals surface area contributed by atoms with E-state index >= 15 is 0 Å². The molecular formula is C12H18ClNO. The van der Waals surface area contributed by atoms with Gasteiger partial charge in [0.25, 0.3) is 0 Å². The highest BCUT2D eigenvalue weighted by Gasteiger charge is 2.06. The highest BCUT2D eigenvalue weighted by Crippen LogP contribution is 2.05. The molecular weight excluding hydrogens is 210 g/mol. The fraction of sp³-hybridized carbons (Fsp3) is 0.417. The number of ketones is 1. The quantitative estimate of drug-likeness (QED) is 0.575. The Morgan fingerprint density at radius 2 is 1.73 bits per heavy atom. The summed E-state index contributed by atoms with van der Waals surface area (Å²) in [5, 5.41) is 0. The van der Waals surface area contributed by atoms with Crippen LogP contribution in [0.15, 0.2) is 24.3 Å². The van der Waals surface area contributed by atoms with Crippen LogP contribution in [0.3, 0.4) is 0 Å². The first-order valence-electron chi connectivity index (χ1n) is 4.98. The normalized spacial score (nSPS) is 9.87. The van der Waals surface area contributed by atoms with Gasteiger partial charge in [-0.3, -0.25) is 4.79 Å². The topological polar surface area (TPSA) is 21.5 Å². The Labute approximate surface area is 97.7 Å². The summed E-state index contributed by atoms with van der Waals surface area (Å²) in [4.78, 5) is 13.0. The average Bonchev–Trinajstić information content (AvgIpc) is 2.15. The van der Waals surface area contributed by atoms with Crippen molar-refractivity contribution in [1.82, 2.24) is 0 Å². The first-order chi connectivity index (χ1) is 6.59. The lowest BCUT2D eigenvalue weighted by Gasteiger charge is -2.06. The van der Waals surface area contributed by atoms with E-state index in [1.807, 2.05) is 31.2 Å². The minimum atomic E-state index is 0. The molecule has 0 aliphatic heterocycles. The molecule has 0 fully saturated rings. The van der Waals surface area contributed by atoms with Gasteiger partial charge >= 0.3 is 0 Å². The van der Waals surface area contributed by atoms with Crippen LogP contribution in [0.4, 0.5) is 0 Å². The molecule has 0 radical (unpaired) electrons. The van der Waals surface area contributed by atoms with Gasteiger partial charge in [0.2, 0.25) is 0 Å². The lowest BCUT2D eigenvalue weighted by atomic mass is 10.1. The molecule has 2 nitrogen and oxygen atoms in total. The number of benzene rings is 1. The summed E-state index contributed by atoms with van der Waals surface area (Å²) in [6.07, 6.45) is 0.630. The number of carbonyl (C=O) groups is 1. The summed E-state index contributed by atoms with van der Waals surface area (Å²) < 4.78 is 0. The van der Waals surface area contributed by atoms with Gasteiger partial charge in [-0.1, -0.05) is 29.8 Å². The van der Waals surface area contributed by atoms with Gasteiger partial charge in [-0.25, -0.2) is 0 Å². The standard InChI is InChI=1S/C12H17NO.ClH/c1-10-4-6-11(7-5-10)12(14)8-9-13(2)3;/h4-7H,8-9H2,1-3H3;1H. The summed E-state index contributed by atoms with van der Waals surface area (Å²) in [5.74, 6) is 0.242. The van der Waals surface area contributed by atoms with Crippen LogP contribution in [0.2, 0.25) is 0 Å². The summed E-state index contributed by atoms with van der Waals surface area (Å²) >= 11 is 0. The maximum Gasteiger partial charge on any atom is 0.168 e. The smallest absolute Gasteiger partial charge is 0.168 e. The number of halogens is 1. The first-order valence-corrected chi connectivity index (χ1v) is 4.98. The molecule has 0 amide bonds. The van der Waals surface area contributed by atoms with Crippen LogP contribution >= 0.6 is 0 Å². The first kappa shape index (κ1) is 14.1. The molecule has 0 heterocycles. The van der Waals surface area contributed by atoms with Crippen LogP contribution in [0.25, 0.3) is 0 Å². The van der Waals surface area contributed by atoms with Crippen molar-refractivity contribution in [2.24, 2.45) is 0 Å². The van der Waals surface area contributed by atoms with E-state index < -0.39 is 0 Å². The lowest BCUT2D eigenvalue weighted by Crippen LogP contribution is -3.05. The van der Waals surface area contributed by atoms with Gasteiger partial charge in [-0.2, -0.15) is 0 Å². The Hall–Kier alpha value is -0.860. The van der Waals surface area contributed by atoms with E-state index in [0.29, 0.717) is 6.42 Å². The minimum Gasteiger partial charge on any atom is -1.00 e. The third-order valence-corrected chi connectivity index (χ3v) is 2.23. The van der Waals surface area contributed by atoms with Crippen molar-refractivity contribution in [2.75, 3.05) is 20.6 Å². The van der Waals surface area contributed by atoms with Crippen molar-refractivity contribution < 1.29 is 22.1 Å². The number of hydrogen-bond donors (Lipinski definition) is 1. The molecule has 0 spiro atoms. The third kappa shape index (κ3) is 4.96. The molecule has 0 aliphatic carbocycles. The van der Waals surface area contributed by atoms with Crippen molar-refractivity contribution >= 4 is 5.78 Å². The molecule has 0 aliphatic rings. The summed E-state index contributed by atoms with van der Waals surface area (Å²) in [6, 6.07) is 7.77. The van der Waals surface area contributed by atoms with Crippen molar-refractivity contribution in [3.05, 3.63) is 35.4 Å². The molecule has 0 bridgehead atoms. The number of aryl methyl sites for hydroxylation is 1. The van der Waals surface area contributed by atoms with Gasteiger partial charge in [-0.05, 0) is 6.92 Å². The molecule has 0 aromatic heterocycles. The number of rotatable bonds is 4. The molecule has 0 saturated heterocycles. The number of hydrogen-bond acceptors (Lipinski definition) is 1. The number of quaternary nitrogens is 1. The molecule has 84 valence electrons. The van der Waals surface area contributed by atoms with Crippen molar-refractivity contribution in [1.29, 1.82) is 0 Å². The minimum absolute atomic E-state index is 0. The molecule has 15 heavy (non-hydrogen) atoms. The predicted octanol–water partition coefficient (Wildman–Crippen LogP) is -2.28. The Bertz CT molecular complexity index is 306. The van der Waals surface area contributed by atoms with Gasteiger partial charge in [-0.15, -0.1) is 0 Å². The summed E-state index contributed by atoms with van der Waals surface area (Å²) in [7, 11) is 4.12. The maximum absolute atomic E-state index is 11.6. The van der Waals surface area contributed by atoms with Gasteiger partial charge < -0.3 is 17.3 Å². The lowest BCUT2D eigenvalue weighted by molar-refractivity contribution is -0.857. The number of Topliss-reactive ketones (excluding diaryl/α,β-unsaturated/α-hetero) is 1. The van der Waals surface area contributed by atoms with Crippen LogP contribution in [0.5, 0.6) is 0 Å². The van der Waals surface area contributed by atoms with Crippen LogP contribution in [0.1, 0.15) is 22.3 Å². The van der Waals surface area contributed by atoms with Crippen LogP contribution < -0.4 is 17.3 Å². The van der Waals surface area contributed by atoms with Crippen molar-refractivity contribution in [3.8, 4) is 0 Å². The van der Waals surface area contributed by atoms with E-state index in [-0.39, 0.29) is 18.2 Å². The van der Waals surface area contributed by atoms with Crippen LogP contribution in [-0.4, -0.2) is 26.4 Å². The van der Waals surface area contributed by atoms with E-state index in [9.17, 15) is 4.79 Å². The summed E-state index contributed by atoms with van der Waals surface area (Å²) in [6.45, 7) is 2.92. The average molecular weight is 228 g/mol. The molecule has 1 rings (SSSR count). The van der Waals surface area contributed by atoms with Crippen LogP contribution in [0, 0.1) is 6.92 Å². The predicted molar refractivity (Wildman–Crippen MR) is 57.8 cm³/mol. The third-order valence-electron chi connectivity index (χ3n) is 2.23. The summed E-state index contributed by atoms with van der Waals surface area (Å²) in [5.41, 5.74) is 2.02. The highest BCUT2D eigenvalue weighted by atomic mass is 35.5. The Morgan fingerprint density at radius 1 is 1.20 bits per heavy atom. The zero-order chi connectivity index (χ0) is 10.6. The fourth-order valence-electron chi connectivity index (χ4n) is 1.25. The second-order valence-electron chi connectivity index (χ2n) is 4.00. The number of nitrogens with one attached hydrogen (secondary N) is 1. The molecule has 0 atom stereocenters. The van der Waals surface area contributed by atoms with E-state index in [4.69, 9.17) is 0 Å². The van der Waals surface area contributed by atoms with E-state index in [1.54, 1.807) is 0 Å². The zero-order valence-electron chi connectivity index (χ0n) is 9.51. The second-order valence-corrected chi connectivity index (χ2v) is 4.00. The van der Waals surface area contributed by atoms with E-state index in [1.165, 1.54) is 10.5 Å². The Morgan fingerprint density at radius 3 is 2.20 bits per heavy atom. The monoisotopic (exact) mass is 227 g/mol. The fourth-order valence-corrected chi connectivity index (χ4v) is 1.25. The largest absolute Gasteiger partial charge is 1.00 e. The molecule has 0 saturated carbocycles. The SMILES string of the molecule is Cc1ccc(C(=O)CC[NH+](C)C)cc1.[Cl-]. The van der Waals surface area contributed by atoms with Gasteiger partial charge in [0.05, 0.1) is 27.1 Å². The van der Waals surface area contributed by atoms with Crippen molar-refractivity contribution in [3.63, 3.8) is 0 Å². The molecule has 3 heteroatoms. The molecule has 0 unspecified atom stereocenters. The van der Waals surface area contributed by atoms with Gasteiger partial charge in [0.1, 0.15) is 0 Å². The van der Waals surface area contributed by atoms with Gasteiger partial charge in [0, 0.05) is 5.56 Å². The van der Waals surface area contributed by atoms with E-state index in [0.717, 1.165) is 12.1 Å². The molecule has 1 aromatic rings. The van der Waals surface area contributed by atoms with E-state index in [2.05, 4.69) is 14.1 Å². The Balaban J connectivity index is 0.00000196. The maximum atomic E-state index is 11.6. The second kappa shape index (κ2) is 6.59. The van der Waals surface area contributed by atoms with Crippen LogP contribution in [-0.2, 0) is 0 Å². The number of carbonyl (C=O) groups excluding carboxylic acids is 1. The molecule has 1 aromatic carbocycles. The molecule has 1 N–H and O–H groups in total. The Kier molecular flexibility index (Phi) is 6.21.